The molecule has 1 fully saturated rings. The zero-order valence-corrected chi connectivity index (χ0v) is 10.6. The lowest BCUT2D eigenvalue weighted by Gasteiger charge is -2.32. The molecule has 1 aliphatic heterocycles. The number of hydrogen-bond donors (Lipinski definition) is 0. The van der Waals surface area contributed by atoms with Crippen molar-refractivity contribution in [3.05, 3.63) is 5.38 Å². The lowest BCUT2D eigenvalue weighted by Crippen LogP contribution is -2.41. The minimum Gasteiger partial charge on any atom is -0.473 e. The molecule has 1 aliphatic rings. The summed E-state index contributed by atoms with van der Waals surface area (Å²) in [5.41, 5.74) is -0.374. The van der Waals surface area contributed by atoms with Crippen molar-refractivity contribution >= 4 is 24.0 Å². The highest BCUT2D eigenvalue weighted by Crippen LogP contribution is 2.36. The van der Waals surface area contributed by atoms with Crippen LogP contribution in [0.15, 0.2) is 5.38 Å². The molecule has 0 N–H and O–H groups in total. The summed E-state index contributed by atoms with van der Waals surface area (Å²) in [6, 6.07) is 0. The van der Waals surface area contributed by atoms with E-state index in [9.17, 15) is 0 Å². The molecule has 1 aromatic heterocycles. The lowest BCUT2D eigenvalue weighted by molar-refractivity contribution is 0.00578. The molecule has 0 aliphatic carbocycles. The molecule has 16 heavy (non-hydrogen) atoms. The van der Waals surface area contributed by atoms with E-state index >= 15 is 0 Å². The van der Waals surface area contributed by atoms with Gasteiger partial charge in [0.25, 0.3) is 5.19 Å². The third-order valence-electron chi connectivity index (χ3n) is 3.08. The summed E-state index contributed by atoms with van der Waals surface area (Å²) in [4.78, 5) is 4.10. The normalized spacial score (nSPS) is 26.0. The maximum Gasteiger partial charge on any atom is 0.515 e. The fraction of sp³-hybridized carbons (Fsp3) is 0.700. The van der Waals surface area contributed by atoms with E-state index in [1.165, 1.54) is 0 Å². The van der Waals surface area contributed by atoms with Gasteiger partial charge in [-0.1, -0.05) is 11.3 Å². The monoisotopic (exact) mass is 245 g/mol. The minimum absolute atomic E-state index is 0.0877. The van der Waals surface area contributed by atoms with Crippen molar-refractivity contribution in [3.8, 4) is 5.19 Å². The van der Waals surface area contributed by atoms with Crippen molar-refractivity contribution in [2.24, 2.45) is 0 Å². The SMILES string of the molecule is [2H][13C]([2H])([2H])Oc1nc(B2OC(C)(C)C(C)(C)O2)cs1. The van der Waals surface area contributed by atoms with Crippen LogP contribution in [0.25, 0.3) is 0 Å². The molecule has 4 nitrogen and oxygen atoms in total. The van der Waals surface area contributed by atoms with Gasteiger partial charge in [0.15, 0.2) is 0 Å². The quantitative estimate of drug-likeness (QED) is 0.584. The van der Waals surface area contributed by atoms with Crippen molar-refractivity contribution in [1.82, 2.24) is 4.98 Å². The molecular formula is C10H16BNO3S. The Balaban J connectivity index is 2.13. The van der Waals surface area contributed by atoms with E-state index in [0.29, 0.717) is 5.59 Å². The van der Waals surface area contributed by atoms with Gasteiger partial charge >= 0.3 is 7.12 Å². The van der Waals surface area contributed by atoms with Crippen LogP contribution in [-0.2, 0) is 9.31 Å². The van der Waals surface area contributed by atoms with Gasteiger partial charge in [0.1, 0.15) is 0 Å². The second-order valence-corrected chi connectivity index (χ2v) is 5.55. The van der Waals surface area contributed by atoms with Gasteiger partial charge in [0, 0.05) is 5.38 Å². The van der Waals surface area contributed by atoms with Gasteiger partial charge in [0.05, 0.1) is 27.9 Å². The number of thiazole rings is 1. The Hall–Kier alpha value is -0.585. The van der Waals surface area contributed by atoms with E-state index in [2.05, 4.69) is 4.98 Å². The average molecular weight is 245 g/mol. The largest absolute Gasteiger partial charge is 0.515 e. The standard InChI is InChI=1S/C10H16BNO3S/c1-9(2)10(3,4)15-11(14-9)7-6-16-8(12-7)13-5/h6H,1-5H3/i5+1D3. The Morgan fingerprint density at radius 3 is 2.56 bits per heavy atom. The molecule has 1 aromatic rings. The molecule has 0 radical (unpaired) electrons. The minimum atomic E-state index is -2.49. The molecular weight excluding hydrogens is 226 g/mol. The molecule has 0 atom stereocenters. The summed E-state index contributed by atoms with van der Waals surface area (Å²) in [6.07, 6.45) is 0. The zero-order valence-electron chi connectivity index (χ0n) is 12.7. The fourth-order valence-electron chi connectivity index (χ4n) is 1.39. The molecule has 0 aromatic carbocycles. The molecule has 0 bridgehead atoms. The number of rotatable bonds is 2. The van der Waals surface area contributed by atoms with Crippen LogP contribution in [0.3, 0.4) is 0 Å². The predicted octanol–water partition coefficient (Wildman–Crippen LogP) is 1.45. The predicted molar refractivity (Wildman–Crippen MR) is 64.4 cm³/mol. The molecule has 2 heterocycles. The third-order valence-corrected chi connectivity index (χ3v) is 3.82. The Labute approximate surface area is 104 Å². The summed E-state index contributed by atoms with van der Waals surface area (Å²) in [5.74, 6) is 0. The van der Waals surface area contributed by atoms with Crippen LogP contribution in [0.4, 0.5) is 0 Å². The number of ether oxygens (including phenoxy) is 1. The zero-order chi connectivity index (χ0) is 14.5. The molecule has 6 heteroatoms. The number of aromatic nitrogens is 1. The molecule has 0 amide bonds. The van der Waals surface area contributed by atoms with Crippen LogP contribution >= 0.6 is 11.3 Å². The van der Waals surface area contributed by atoms with Crippen LogP contribution in [0.1, 0.15) is 31.8 Å². The van der Waals surface area contributed by atoms with Crippen molar-refractivity contribution in [2.75, 3.05) is 7.04 Å². The molecule has 2 rings (SSSR count). The summed E-state index contributed by atoms with van der Waals surface area (Å²) in [7, 11) is -3.10. The number of methoxy groups -OCH3 is 1. The first-order chi connectivity index (χ1) is 8.50. The fourth-order valence-corrected chi connectivity index (χ4v) is 1.98. The van der Waals surface area contributed by atoms with E-state index < -0.39 is 25.4 Å². The van der Waals surface area contributed by atoms with E-state index in [0.717, 1.165) is 11.3 Å². The van der Waals surface area contributed by atoms with Crippen molar-refractivity contribution in [3.63, 3.8) is 0 Å². The first-order valence-electron chi connectivity index (χ1n) is 6.50. The molecule has 0 saturated carbocycles. The first kappa shape index (κ1) is 8.50. The van der Waals surface area contributed by atoms with Crippen LogP contribution in [-0.4, -0.2) is 30.3 Å². The topological polar surface area (TPSA) is 40.6 Å². The summed E-state index contributed by atoms with van der Waals surface area (Å²) >= 11 is 1.11. The maximum atomic E-state index is 7.03. The van der Waals surface area contributed by atoms with Gasteiger partial charge in [-0.15, -0.1) is 0 Å². The number of hydrogen-bond acceptors (Lipinski definition) is 5. The molecule has 0 spiro atoms. The van der Waals surface area contributed by atoms with E-state index in [1.54, 1.807) is 5.38 Å². The molecule has 0 unspecified atom stereocenters. The third kappa shape index (κ3) is 1.85. The summed E-state index contributed by atoms with van der Waals surface area (Å²) in [5, 5.41) is 1.77. The Bertz CT molecular complexity index is 459. The molecule has 88 valence electrons. The van der Waals surface area contributed by atoms with E-state index in [1.807, 2.05) is 27.7 Å². The summed E-state index contributed by atoms with van der Waals surface area (Å²) < 4.78 is 37.5. The maximum absolute atomic E-state index is 7.03. The van der Waals surface area contributed by atoms with Gasteiger partial charge in [-0.25, -0.2) is 4.98 Å². The highest BCUT2D eigenvalue weighted by atomic mass is 32.1. The Morgan fingerprint density at radius 2 is 2.00 bits per heavy atom. The van der Waals surface area contributed by atoms with E-state index in [4.69, 9.17) is 18.2 Å². The molecule has 1 saturated heterocycles. The van der Waals surface area contributed by atoms with Crippen LogP contribution < -0.4 is 10.3 Å². The summed E-state index contributed by atoms with van der Waals surface area (Å²) in [6.45, 7) is 7.77. The Kier molecular flexibility index (Phi) is 1.97. The van der Waals surface area contributed by atoms with E-state index in [-0.39, 0.29) is 5.19 Å². The lowest BCUT2D eigenvalue weighted by atomic mass is 9.86. The van der Waals surface area contributed by atoms with Gasteiger partial charge < -0.3 is 14.0 Å². The highest BCUT2D eigenvalue weighted by molar-refractivity contribution is 7.12. The second-order valence-electron chi connectivity index (χ2n) is 4.73. The van der Waals surface area contributed by atoms with Crippen molar-refractivity contribution < 1.29 is 18.2 Å². The van der Waals surface area contributed by atoms with Crippen LogP contribution in [0.2, 0.25) is 0 Å². The van der Waals surface area contributed by atoms with Crippen LogP contribution in [0, 0.1) is 0 Å². The van der Waals surface area contributed by atoms with Crippen LogP contribution in [0.5, 0.6) is 5.19 Å². The van der Waals surface area contributed by atoms with Crippen molar-refractivity contribution in [2.45, 2.75) is 38.9 Å². The smallest absolute Gasteiger partial charge is 0.473 e. The number of nitrogens with zero attached hydrogens (tertiary/aromatic N) is 1. The van der Waals surface area contributed by atoms with Gasteiger partial charge in [-0.3, -0.25) is 0 Å². The van der Waals surface area contributed by atoms with Gasteiger partial charge in [-0.05, 0) is 27.7 Å². The average Bonchev–Trinajstić information content (AvgIpc) is 2.68. The second kappa shape index (κ2) is 3.72. The van der Waals surface area contributed by atoms with Gasteiger partial charge in [-0.2, -0.15) is 0 Å². The highest BCUT2D eigenvalue weighted by Gasteiger charge is 2.52. The van der Waals surface area contributed by atoms with Gasteiger partial charge in [0.2, 0.25) is 0 Å². The van der Waals surface area contributed by atoms with Crippen molar-refractivity contribution in [1.29, 1.82) is 0 Å². The first-order valence-corrected chi connectivity index (χ1v) is 5.88. The Morgan fingerprint density at radius 1 is 1.38 bits per heavy atom.